The minimum atomic E-state index is -4.42. The maximum atomic E-state index is 12.8. The van der Waals surface area contributed by atoms with Gasteiger partial charge in [-0.3, -0.25) is 9.89 Å². The molecule has 0 unspecified atom stereocenters. The Morgan fingerprint density at radius 2 is 1.80 bits per heavy atom. The molecule has 2 aromatic heterocycles. The molecule has 0 spiro atoms. The van der Waals surface area contributed by atoms with Gasteiger partial charge in [-0.05, 0) is 49.9 Å². The number of H-pyrrole nitrogens is 1. The van der Waals surface area contributed by atoms with Crippen LogP contribution in [0.15, 0.2) is 41.3 Å². The SMILES string of the molecule is Cc1nc(N2CCC(C)CC2)ncc1-c1cc(=O)n(-c2ccc(C(F)(F)F)cc2)[nH]1. The number of hydrogen-bond donors (Lipinski definition) is 1. The van der Waals surface area contributed by atoms with Crippen LogP contribution in [0.4, 0.5) is 19.1 Å². The lowest BCUT2D eigenvalue weighted by Gasteiger charge is -2.30. The van der Waals surface area contributed by atoms with Crippen molar-refractivity contribution in [1.29, 1.82) is 0 Å². The summed E-state index contributed by atoms with van der Waals surface area (Å²) in [6.07, 6.45) is -0.536. The number of nitrogens with one attached hydrogen (secondary N) is 1. The Balaban J connectivity index is 1.61. The topological polar surface area (TPSA) is 66.8 Å². The third kappa shape index (κ3) is 3.96. The van der Waals surface area contributed by atoms with E-state index in [0.717, 1.165) is 43.8 Å². The number of nitrogens with zero attached hydrogens (tertiary/aromatic N) is 4. The molecule has 0 atom stereocenters. The summed E-state index contributed by atoms with van der Waals surface area (Å²) in [6, 6.07) is 5.81. The van der Waals surface area contributed by atoms with Gasteiger partial charge in [-0.2, -0.15) is 13.2 Å². The van der Waals surface area contributed by atoms with E-state index in [0.29, 0.717) is 28.8 Å². The van der Waals surface area contributed by atoms with E-state index >= 15 is 0 Å². The van der Waals surface area contributed by atoms with Gasteiger partial charge in [-0.15, -0.1) is 0 Å². The van der Waals surface area contributed by atoms with Crippen molar-refractivity contribution in [3.8, 4) is 16.9 Å². The fourth-order valence-corrected chi connectivity index (χ4v) is 3.61. The number of rotatable bonds is 3. The van der Waals surface area contributed by atoms with Crippen LogP contribution in [0.1, 0.15) is 31.0 Å². The highest BCUT2D eigenvalue weighted by atomic mass is 19.4. The fraction of sp³-hybridized carbons (Fsp3) is 0.381. The molecule has 1 saturated heterocycles. The van der Waals surface area contributed by atoms with Crippen molar-refractivity contribution in [2.75, 3.05) is 18.0 Å². The molecule has 6 nitrogen and oxygen atoms in total. The van der Waals surface area contributed by atoms with E-state index in [-0.39, 0.29) is 5.56 Å². The number of aryl methyl sites for hydroxylation is 1. The monoisotopic (exact) mass is 417 g/mol. The van der Waals surface area contributed by atoms with Crippen LogP contribution in [0.25, 0.3) is 16.9 Å². The van der Waals surface area contributed by atoms with Crippen LogP contribution in [-0.2, 0) is 6.18 Å². The first-order valence-corrected chi connectivity index (χ1v) is 9.81. The maximum Gasteiger partial charge on any atom is 0.416 e. The number of hydrogen-bond acceptors (Lipinski definition) is 4. The third-order valence-electron chi connectivity index (χ3n) is 5.50. The summed E-state index contributed by atoms with van der Waals surface area (Å²) < 4.78 is 39.5. The zero-order valence-electron chi connectivity index (χ0n) is 16.7. The highest BCUT2D eigenvalue weighted by molar-refractivity contribution is 5.61. The van der Waals surface area contributed by atoms with Crippen LogP contribution in [0, 0.1) is 12.8 Å². The van der Waals surface area contributed by atoms with Crippen LogP contribution < -0.4 is 10.5 Å². The molecule has 0 saturated carbocycles. The van der Waals surface area contributed by atoms with Gasteiger partial charge in [0.25, 0.3) is 5.56 Å². The van der Waals surface area contributed by atoms with E-state index in [1.807, 2.05) is 6.92 Å². The van der Waals surface area contributed by atoms with Crippen LogP contribution in [0.3, 0.4) is 0 Å². The highest BCUT2D eigenvalue weighted by Crippen LogP contribution is 2.29. The molecule has 1 aromatic carbocycles. The number of alkyl halides is 3. The van der Waals surface area contributed by atoms with Crippen molar-refractivity contribution in [1.82, 2.24) is 19.7 Å². The van der Waals surface area contributed by atoms with Crippen molar-refractivity contribution in [3.05, 3.63) is 58.1 Å². The normalized spacial score (nSPS) is 15.6. The molecule has 9 heteroatoms. The number of benzene rings is 1. The molecule has 1 N–H and O–H groups in total. The van der Waals surface area contributed by atoms with E-state index in [2.05, 4.69) is 26.9 Å². The lowest BCUT2D eigenvalue weighted by molar-refractivity contribution is -0.137. The summed E-state index contributed by atoms with van der Waals surface area (Å²) in [5.41, 5.74) is 1.08. The summed E-state index contributed by atoms with van der Waals surface area (Å²) in [6.45, 7) is 5.92. The third-order valence-corrected chi connectivity index (χ3v) is 5.50. The summed E-state index contributed by atoms with van der Waals surface area (Å²) in [7, 11) is 0. The van der Waals surface area contributed by atoms with Crippen molar-refractivity contribution in [2.24, 2.45) is 5.92 Å². The molecule has 1 aliphatic heterocycles. The van der Waals surface area contributed by atoms with Gasteiger partial charge in [0.05, 0.1) is 22.6 Å². The van der Waals surface area contributed by atoms with Crippen molar-refractivity contribution < 1.29 is 13.2 Å². The summed E-state index contributed by atoms with van der Waals surface area (Å²) in [5, 5.41) is 2.95. The van der Waals surface area contributed by atoms with Gasteiger partial charge < -0.3 is 4.90 Å². The molecule has 30 heavy (non-hydrogen) atoms. The molecular formula is C21H22F3N5O. The van der Waals surface area contributed by atoms with Gasteiger partial charge in [-0.1, -0.05) is 6.92 Å². The zero-order chi connectivity index (χ0) is 21.5. The van der Waals surface area contributed by atoms with Gasteiger partial charge >= 0.3 is 6.18 Å². The van der Waals surface area contributed by atoms with Gasteiger partial charge in [0.2, 0.25) is 5.95 Å². The quantitative estimate of drug-likeness (QED) is 0.694. The maximum absolute atomic E-state index is 12.8. The van der Waals surface area contributed by atoms with Crippen LogP contribution >= 0.6 is 0 Å². The molecule has 3 aromatic rings. The molecule has 1 fully saturated rings. The second-order valence-electron chi connectivity index (χ2n) is 7.73. The average molecular weight is 417 g/mol. The van der Waals surface area contributed by atoms with Gasteiger partial charge in [0.15, 0.2) is 0 Å². The van der Waals surface area contributed by atoms with E-state index in [1.54, 1.807) is 6.20 Å². The van der Waals surface area contributed by atoms with Crippen molar-refractivity contribution >= 4 is 5.95 Å². The molecule has 0 amide bonds. The molecular weight excluding hydrogens is 395 g/mol. The van der Waals surface area contributed by atoms with E-state index in [1.165, 1.54) is 22.9 Å². The predicted molar refractivity (Wildman–Crippen MR) is 108 cm³/mol. The average Bonchev–Trinajstić information content (AvgIpc) is 3.09. The molecule has 158 valence electrons. The first-order chi connectivity index (χ1) is 14.2. The lowest BCUT2D eigenvalue weighted by atomic mass is 10.00. The molecule has 1 aliphatic rings. The Morgan fingerprint density at radius 1 is 1.13 bits per heavy atom. The van der Waals surface area contributed by atoms with E-state index < -0.39 is 11.7 Å². The number of aromatic nitrogens is 4. The molecule has 4 rings (SSSR count). The standard InChI is InChI=1S/C21H22F3N5O/c1-13-7-9-28(10-8-13)20-25-12-17(14(2)26-20)18-11-19(30)29(27-18)16-5-3-15(4-6-16)21(22,23)24/h3-6,11-13,27H,7-10H2,1-2H3. The molecule has 0 radical (unpaired) electrons. The molecule has 0 bridgehead atoms. The van der Waals surface area contributed by atoms with Gasteiger partial charge in [0, 0.05) is 30.9 Å². The van der Waals surface area contributed by atoms with E-state index in [4.69, 9.17) is 0 Å². The summed E-state index contributed by atoms with van der Waals surface area (Å²) in [5.74, 6) is 1.38. The number of piperidine rings is 1. The van der Waals surface area contributed by atoms with Gasteiger partial charge in [0.1, 0.15) is 0 Å². The number of halogens is 3. The number of aromatic amines is 1. The number of anilines is 1. The zero-order valence-corrected chi connectivity index (χ0v) is 16.7. The Labute approximate surface area is 171 Å². The minimum absolute atomic E-state index is 0.317. The van der Waals surface area contributed by atoms with Crippen molar-refractivity contribution in [3.63, 3.8) is 0 Å². The highest BCUT2D eigenvalue weighted by Gasteiger charge is 2.30. The second-order valence-corrected chi connectivity index (χ2v) is 7.73. The Bertz CT molecular complexity index is 1090. The van der Waals surface area contributed by atoms with Crippen LogP contribution in [0.5, 0.6) is 0 Å². The molecule has 0 aliphatic carbocycles. The largest absolute Gasteiger partial charge is 0.416 e. The minimum Gasteiger partial charge on any atom is -0.341 e. The predicted octanol–water partition coefficient (Wildman–Crippen LogP) is 4.19. The van der Waals surface area contributed by atoms with Crippen molar-refractivity contribution in [2.45, 2.75) is 32.9 Å². The summed E-state index contributed by atoms with van der Waals surface area (Å²) >= 11 is 0. The Kier molecular flexibility index (Phi) is 5.13. The first kappa shape index (κ1) is 20.2. The van der Waals surface area contributed by atoms with Crippen LogP contribution in [-0.4, -0.2) is 32.8 Å². The molecule has 3 heterocycles. The smallest absolute Gasteiger partial charge is 0.341 e. The van der Waals surface area contributed by atoms with Crippen LogP contribution in [0.2, 0.25) is 0 Å². The second kappa shape index (κ2) is 7.62. The fourth-order valence-electron chi connectivity index (χ4n) is 3.61. The lowest BCUT2D eigenvalue weighted by Crippen LogP contribution is -2.34. The first-order valence-electron chi connectivity index (χ1n) is 9.81. The van der Waals surface area contributed by atoms with Gasteiger partial charge in [-0.25, -0.2) is 14.6 Å². The van der Waals surface area contributed by atoms with E-state index in [9.17, 15) is 18.0 Å². The summed E-state index contributed by atoms with van der Waals surface area (Å²) in [4.78, 5) is 23.7. The Morgan fingerprint density at radius 3 is 2.40 bits per heavy atom. The Hall–Kier alpha value is -3.10.